The Kier molecular flexibility index (Phi) is 5.12. The number of aromatic nitrogens is 2. The maximum Gasteiger partial charge on any atom is 0.143 e. The van der Waals surface area contributed by atoms with E-state index in [9.17, 15) is 10.5 Å². The second-order valence-corrected chi connectivity index (χ2v) is 7.22. The number of nitrogens with two attached hydrogens (primary N) is 1. The molecular formula is C21H17N5S. The van der Waals surface area contributed by atoms with E-state index in [-0.39, 0.29) is 11.4 Å². The summed E-state index contributed by atoms with van der Waals surface area (Å²) in [4.78, 5) is 9.52. The van der Waals surface area contributed by atoms with Crippen molar-refractivity contribution in [2.45, 2.75) is 30.7 Å². The molecule has 0 amide bonds. The molecule has 0 fully saturated rings. The maximum absolute atomic E-state index is 9.86. The first-order valence-corrected chi connectivity index (χ1v) is 9.07. The van der Waals surface area contributed by atoms with Crippen molar-refractivity contribution in [3.63, 3.8) is 0 Å². The van der Waals surface area contributed by atoms with Crippen LogP contribution in [0.4, 0.5) is 5.82 Å². The molecule has 27 heavy (non-hydrogen) atoms. The molecule has 1 aromatic carbocycles. The zero-order valence-electron chi connectivity index (χ0n) is 15.2. The average Bonchev–Trinajstić information content (AvgIpc) is 2.64. The molecule has 0 radical (unpaired) electrons. The molecule has 0 saturated carbocycles. The summed E-state index contributed by atoms with van der Waals surface area (Å²) >= 11 is 1.40. The largest absolute Gasteiger partial charge is 0.383 e. The van der Waals surface area contributed by atoms with Crippen molar-refractivity contribution in [1.82, 2.24) is 9.97 Å². The number of benzene rings is 1. The zero-order valence-corrected chi connectivity index (χ0v) is 16.1. The SMILES string of the molecule is Cc1cc(C)c(Sc2nc(N)c(C#N)c(-c3cccnc3)c2C#N)c(C)c1. The molecule has 3 rings (SSSR count). The van der Waals surface area contributed by atoms with Gasteiger partial charge in [0.25, 0.3) is 0 Å². The summed E-state index contributed by atoms with van der Waals surface area (Å²) in [5.41, 5.74) is 11.1. The quantitative estimate of drug-likeness (QED) is 0.725. The van der Waals surface area contributed by atoms with Crippen LogP contribution >= 0.6 is 11.8 Å². The Morgan fingerprint density at radius 2 is 1.70 bits per heavy atom. The summed E-state index contributed by atoms with van der Waals surface area (Å²) in [5, 5.41) is 19.9. The van der Waals surface area contributed by atoms with E-state index in [4.69, 9.17) is 5.73 Å². The van der Waals surface area contributed by atoms with Crippen LogP contribution in [0.15, 0.2) is 46.6 Å². The molecule has 0 aliphatic heterocycles. The number of pyridine rings is 2. The fraction of sp³-hybridized carbons (Fsp3) is 0.143. The van der Waals surface area contributed by atoms with Crippen LogP contribution in [0, 0.1) is 43.4 Å². The number of nitriles is 2. The van der Waals surface area contributed by atoms with Crippen LogP contribution < -0.4 is 5.73 Å². The highest BCUT2D eigenvalue weighted by Gasteiger charge is 2.21. The summed E-state index contributed by atoms with van der Waals surface area (Å²) in [6.45, 7) is 6.11. The van der Waals surface area contributed by atoms with Gasteiger partial charge in [0.15, 0.2) is 0 Å². The van der Waals surface area contributed by atoms with Crippen molar-refractivity contribution in [2.24, 2.45) is 0 Å². The molecule has 0 aliphatic rings. The molecule has 3 aromatic rings. The molecule has 132 valence electrons. The predicted octanol–water partition coefficient (Wildman–Crippen LogP) is 4.55. The van der Waals surface area contributed by atoms with Gasteiger partial charge in [-0.25, -0.2) is 4.98 Å². The van der Waals surface area contributed by atoms with Gasteiger partial charge in [-0.3, -0.25) is 4.98 Å². The normalized spacial score (nSPS) is 10.3. The van der Waals surface area contributed by atoms with Crippen molar-refractivity contribution in [2.75, 3.05) is 5.73 Å². The van der Waals surface area contributed by atoms with E-state index in [2.05, 4.69) is 34.2 Å². The number of aryl methyl sites for hydroxylation is 3. The van der Waals surface area contributed by atoms with Gasteiger partial charge in [-0.2, -0.15) is 10.5 Å². The third-order valence-corrected chi connectivity index (χ3v) is 5.51. The van der Waals surface area contributed by atoms with Gasteiger partial charge in [-0.15, -0.1) is 0 Å². The first kappa shape index (κ1) is 18.4. The lowest BCUT2D eigenvalue weighted by Gasteiger charge is -2.15. The molecule has 0 saturated heterocycles. The highest BCUT2D eigenvalue weighted by Crippen LogP contribution is 2.40. The van der Waals surface area contributed by atoms with Gasteiger partial charge in [0.2, 0.25) is 0 Å². The first-order chi connectivity index (χ1) is 13.0. The van der Waals surface area contributed by atoms with Crippen molar-refractivity contribution in [3.05, 3.63) is 64.5 Å². The van der Waals surface area contributed by atoms with Crippen molar-refractivity contribution in [3.8, 4) is 23.3 Å². The molecular weight excluding hydrogens is 354 g/mol. The second-order valence-electron chi connectivity index (χ2n) is 6.22. The van der Waals surface area contributed by atoms with E-state index in [1.807, 2.05) is 20.8 Å². The molecule has 0 spiro atoms. The van der Waals surface area contributed by atoms with E-state index in [1.54, 1.807) is 24.5 Å². The molecule has 0 bridgehead atoms. The summed E-state index contributed by atoms with van der Waals surface area (Å²) in [6.07, 6.45) is 3.26. The number of anilines is 1. The van der Waals surface area contributed by atoms with E-state index in [0.29, 0.717) is 21.7 Å². The van der Waals surface area contributed by atoms with Gasteiger partial charge in [-0.05, 0) is 38.0 Å². The van der Waals surface area contributed by atoms with Crippen molar-refractivity contribution < 1.29 is 0 Å². The summed E-state index contributed by atoms with van der Waals surface area (Å²) in [7, 11) is 0. The Bertz CT molecular complexity index is 1090. The molecule has 2 aromatic heterocycles. The fourth-order valence-electron chi connectivity index (χ4n) is 3.10. The highest BCUT2D eigenvalue weighted by atomic mass is 32.2. The minimum absolute atomic E-state index is 0.111. The van der Waals surface area contributed by atoms with Crippen molar-refractivity contribution in [1.29, 1.82) is 10.5 Å². The van der Waals surface area contributed by atoms with Crippen molar-refractivity contribution >= 4 is 17.6 Å². The number of nitrogens with zero attached hydrogens (tertiary/aromatic N) is 4. The van der Waals surface area contributed by atoms with Gasteiger partial charge >= 0.3 is 0 Å². The molecule has 2 N–H and O–H groups in total. The van der Waals surface area contributed by atoms with Crippen LogP contribution in [-0.4, -0.2) is 9.97 Å². The Labute approximate surface area is 162 Å². The minimum Gasteiger partial charge on any atom is -0.383 e. The summed E-state index contributed by atoms with van der Waals surface area (Å²) in [5.74, 6) is 0.111. The van der Waals surface area contributed by atoms with Crippen LogP contribution in [0.3, 0.4) is 0 Å². The maximum atomic E-state index is 9.86. The number of hydrogen-bond acceptors (Lipinski definition) is 6. The lowest BCUT2D eigenvalue weighted by atomic mass is 9.98. The Balaban J connectivity index is 2.26. The zero-order chi connectivity index (χ0) is 19.6. The monoisotopic (exact) mass is 371 g/mol. The van der Waals surface area contributed by atoms with Gasteiger partial charge in [0.1, 0.15) is 28.5 Å². The molecule has 2 heterocycles. The van der Waals surface area contributed by atoms with E-state index in [0.717, 1.165) is 16.0 Å². The summed E-state index contributed by atoms with van der Waals surface area (Å²) < 4.78 is 0. The van der Waals surface area contributed by atoms with E-state index in [1.165, 1.54) is 17.3 Å². The molecule has 0 unspecified atom stereocenters. The van der Waals surface area contributed by atoms with Gasteiger partial charge in [-0.1, -0.05) is 35.5 Å². The Morgan fingerprint density at radius 1 is 1.04 bits per heavy atom. The third kappa shape index (κ3) is 3.48. The highest BCUT2D eigenvalue weighted by molar-refractivity contribution is 7.99. The lowest BCUT2D eigenvalue weighted by Crippen LogP contribution is -2.03. The molecule has 6 heteroatoms. The topological polar surface area (TPSA) is 99.4 Å². The van der Waals surface area contributed by atoms with Gasteiger partial charge in [0, 0.05) is 28.4 Å². The van der Waals surface area contributed by atoms with Gasteiger partial charge in [0.05, 0.1) is 5.56 Å². The third-order valence-electron chi connectivity index (χ3n) is 4.17. The standard InChI is InChI=1S/C21H17N5S/c1-12-7-13(2)19(14(3)8-12)27-21-17(10-23)18(15-5-4-6-25-11-15)16(9-22)20(24)26-21/h4-8,11H,1-3H3,(H2,24,26). The Morgan fingerprint density at radius 3 is 2.26 bits per heavy atom. The number of rotatable bonds is 3. The first-order valence-electron chi connectivity index (χ1n) is 8.26. The van der Waals surface area contributed by atoms with Crippen LogP contribution in [0.25, 0.3) is 11.1 Å². The van der Waals surface area contributed by atoms with Gasteiger partial charge < -0.3 is 5.73 Å². The molecule has 0 atom stereocenters. The predicted molar refractivity (Wildman–Crippen MR) is 106 cm³/mol. The van der Waals surface area contributed by atoms with E-state index >= 15 is 0 Å². The fourth-order valence-corrected chi connectivity index (χ4v) is 4.12. The Hall–Kier alpha value is -3.35. The lowest BCUT2D eigenvalue weighted by molar-refractivity contribution is 1.10. The van der Waals surface area contributed by atoms with Crippen LogP contribution in [0.2, 0.25) is 0 Å². The number of nitrogen functional groups attached to an aromatic ring is 1. The molecule has 0 aliphatic carbocycles. The average molecular weight is 371 g/mol. The number of hydrogen-bond donors (Lipinski definition) is 1. The minimum atomic E-state index is 0.111. The van der Waals surface area contributed by atoms with Crippen LogP contribution in [0.5, 0.6) is 0 Å². The smallest absolute Gasteiger partial charge is 0.143 e. The van der Waals surface area contributed by atoms with Crippen LogP contribution in [0.1, 0.15) is 27.8 Å². The van der Waals surface area contributed by atoms with Crippen LogP contribution in [-0.2, 0) is 0 Å². The second kappa shape index (κ2) is 7.49. The molecule has 5 nitrogen and oxygen atoms in total. The summed E-state index contributed by atoms with van der Waals surface area (Å²) in [6, 6.07) is 12.1. The van der Waals surface area contributed by atoms with E-state index < -0.39 is 0 Å².